The molecule has 27 heavy (non-hydrogen) atoms. The van der Waals surface area contributed by atoms with E-state index < -0.39 is 4.92 Å². The fraction of sp³-hybridized carbons (Fsp3) is 0.350. The Morgan fingerprint density at radius 2 is 1.78 bits per heavy atom. The minimum atomic E-state index is -0.522. The molecule has 0 saturated carbocycles. The number of benzene rings is 2. The number of carbonyl (C=O) groups excluding carboxylic acids is 1. The van der Waals surface area contributed by atoms with Gasteiger partial charge in [-0.25, -0.2) is 0 Å². The van der Waals surface area contributed by atoms with Crippen molar-refractivity contribution in [3.8, 4) is 5.75 Å². The number of carbonyl (C=O) groups is 1. The maximum absolute atomic E-state index is 12.2. The Labute approximate surface area is 158 Å². The van der Waals surface area contributed by atoms with E-state index in [1.54, 1.807) is 12.1 Å². The molecular formula is C20H23N3O4. The van der Waals surface area contributed by atoms with Crippen LogP contribution in [0, 0.1) is 10.1 Å². The normalized spacial score (nSPS) is 15.3. The third-order valence-electron chi connectivity index (χ3n) is 4.68. The summed E-state index contributed by atoms with van der Waals surface area (Å²) in [6.45, 7) is 2.25. The molecule has 3 rings (SSSR count). The van der Waals surface area contributed by atoms with Crippen LogP contribution in [0.1, 0.15) is 24.4 Å². The van der Waals surface area contributed by atoms with E-state index >= 15 is 0 Å². The lowest BCUT2D eigenvalue weighted by atomic mass is 10.1. The number of nitro groups is 1. The maximum atomic E-state index is 12.2. The highest BCUT2D eigenvalue weighted by molar-refractivity contribution is 5.77. The van der Waals surface area contributed by atoms with Crippen LogP contribution >= 0.6 is 0 Å². The maximum Gasteiger partial charge on any atom is 0.310 e. The summed E-state index contributed by atoms with van der Waals surface area (Å²) in [6, 6.07) is 16.3. The number of hydrogen-bond acceptors (Lipinski definition) is 5. The van der Waals surface area contributed by atoms with Crippen LogP contribution in [0.25, 0.3) is 0 Å². The molecule has 1 aliphatic rings. The van der Waals surface area contributed by atoms with E-state index in [2.05, 4.69) is 22.3 Å². The fourth-order valence-corrected chi connectivity index (χ4v) is 3.32. The molecule has 1 atom stereocenters. The van der Waals surface area contributed by atoms with Crippen LogP contribution in [0.5, 0.6) is 5.75 Å². The van der Waals surface area contributed by atoms with E-state index in [0.29, 0.717) is 6.54 Å². The van der Waals surface area contributed by atoms with E-state index in [1.807, 2.05) is 18.2 Å². The Balaban J connectivity index is 1.57. The first-order valence-electron chi connectivity index (χ1n) is 9.07. The number of rotatable bonds is 8. The second kappa shape index (κ2) is 9.14. The summed E-state index contributed by atoms with van der Waals surface area (Å²) in [5.41, 5.74) is 1.02. The highest BCUT2D eigenvalue weighted by Crippen LogP contribution is 2.26. The molecule has 7 nitrogen and oxygen atoms in total. The predicted molar refractivity (Wildman–Crippen MR) is 102 cm³/mol. The van der Waals surface area contributed by atoms with Crippen molar-refractivity contribution in [2.45, 2.75) is 18.9 Å². The van der Waals surface area contributed by atoms with Gasteiger partial charge in [-0.3, -0.25) is 19.8 Å². The summed E-state index contributed by atoms with van der Waals surface area (Å²) >= 11 is 0. The minimum absolute atomic E-state index is 0.0943. The van der Waals surface area contributed by atoms with Gasteiger partial charge in [0.25, 0.3) is 5.91 Å². The minimum Gasteiger partial charge on any atom is -0.477 e. The Bertz CT molecular complexity index is 776. The van der Waals surface area contributed by atoms with E-state index in [-0.39, 0.29) is 30.0 Å². The van der Waals surface area contributed by atoms with Crippen LogP contribution in [0.3, 0.4) is 0 Å². The average molecular weight is 369 g/mol. The number of nitro benzene ring substituents is 1. The fourth-order valence-electron chi connectivity index (χ4n) is 3.32. The SMILES string of the molecule is O=C(COc1ccccc1[N+](=O)[O-])NCC(c1ccccc1)N1CCCC1. The Morgan fingerprint density at radius 1 is 1.11 bits per heavy atom. The van der Waals surface area contributed by atoms with Gasteiger partial charge >= 0.3 is 5.69 Å². The molecular weight excluding hydrogens is 346 g/mol. The number of ether oxygens (including phenoxy) is 1. The molecule has 1 heterocycles. The molecule has 0 aliphatic carbocycles. The van der Waals surface area contributed by atoms with Gasteiger partial charge in [0.05, 0.1) is 11.0 Å². The molecule has 1 N–H and O–H groups in total. The smallest absolute Gasteiger partial charge is 0.310 e. The summed E-state index contributed by atoms with van der Waals surface area (Å²) in [6.07, 6.45) is 2.33. The summed E-state index contributed by atoms with van der Waals surface area (Å²) in [5.74, 6) is -0.204. The summed E-state index contributed by atoms with van der Waals surface area (Å²) in [7, 11) is 0. The monoisotopic (exact) mass is 369 g/mol. The summed E-state index contributed by atoms with van der Waals surface area (Å²) in [4.78, 5) is 25.1. The number of likely N-dealkylation sites (tertiary alicyclic amines) is 1. The topological polar surface area (TPSA) is 84.7 Å². The Kier molecular flexibility index (Phi) is 6.38. The molecule has 0 radical (unpaired) electrons. The molecule has 0 aromatic heterocycles. The van der Waals surface area contributed by atoms with Gasteiger partial charge in [0.2, 0.25) is 0 Å². The Morgan fingerprint density at radius 3 is 2.48 bits per heavy atom. The van der Waals surface area contributed by atoms with Crippen LogP contribution in [-0.2, 0) is 4.79 Å². The number of hydrogen-bond donors (Lipinski definition) is 1. The van der Waals surface area contributed by atoms with Gasteiger partial charge < -0.3 is 10.1 Å². The molecule has 2 aromatic rings. The third-order valence-corrected chi connectivity index (χ3v) is 4.68. The third kappa shape index (κ3) is 5.04. The first-order valence-corrected chi connectivity index (χ1v) is 9.07. The van der Waals surface area contributed by atoms with E-state index in [1.165, 1.54) is 17.7 Å². The molecule has 1 saturated heterocycles. The van der Waals surface area contributed by atoms with Crippen LogP contribution in [0.4, 0.5) is 5.69 Å². The van der Waals surface area contributed by atoms with Crippen molar-refractivity contribution in [2.24, 2.45) is 0 Å². The van der Waals surface area contributed by atoms with Gasteiger partial charge in [-0.15, -0.1) is 0 Å². The number of nitrogens with one attached hydrogen (secondary N) is 1. The van der Waals surface area contributed by atoms with Crippen LogP contribution in [-0.4, -0.2) is 42.0 Å². The number of amides is 1. The van der Waals surface area contributed by atoms with Gasteiger partial charge in [0.15, 0.2) is 12.4 Å². The van der Waals surface area contributed by atoms with E-state index in [4.69, 9.17) is 4.74 Å². The average Bonchev–Trinajstić information content (AvgIpc) is 3.22. The molecule has 142 valence electrons. The largest absolute Gasteiger partial charge is 0.477 e. The molecule has 7 heteroatoms. The molecule has 1 amide bonds. The molecule has 0 spiro atoms. The molecule has 2 aromatic carbocycles. The number of nitrogens with zero attached hydrogens (tertiary/aromatic N) is 2. The molecule has 1 unspecified atom stereocenters. The standard InChI is InChI=1S/C20H23N3O4/c24-20(15-27-19-11-5-4-10-17(19)23(25)26)21-14-18(22-12-6-7-13-22)16-8-2-1-3-9-16/h1-5,8-11,18H,6-7,12-15H2,(H,21,24). The van der Waals surface area contributed by atoms with E-state index in [0.717, 1.165) is 25.9 Å². The lowest BCUT2D eigenvalue weighted by molar-refractivity contribution is -0.385. The van der Waals surface area contributed by atoms with Crippen molar-refractivity contribution in [2.75, 3.05) is 26.2 Å². The molecule has 1 aliphatic heterocycles. The van der Waals surface area contributed by atoms with Crippen molar-refractivity contribution in [1.29, 1.82) is 0 Å². The highest BCUT2D eigenvalue weighted by Gasteiger charge is 2.24. The van der Waals surface area contributed by atoms with Crippen molar-refractivity contribution in [1.82, 2.24) is 10.2 Å². The van der Waals surface area contributed by atoms with Gasteiger partial charge in [-0.1, -0.05) is 42.5 Å². The van der Waals surface area contributed by atoms with E-state index in [9.17, 15) is 14.9 Å². The van der Waals surface area contributed by atoms with Crippen molar-refractivity contribution in [3.05, 3.63) is 70.3 Å². The van der Waals surface area contributed by atoms with Crippen molar-refractivity contribution < 1.29 is 14.5 Å². The number of para-hydroxylation sites is 2. The van der Waals surface area contributed by atoms with Crippen LogP contribution in [0.2, 0.25) is 0 Å². The Hall–Kier alpha value is -2.93. The van der Waals surface area contributed by atoms with Gasteiger partial charge in [-0.05, 0) is 37.6 Å². The molecule has 1 fully saturated rings. The predicted octanol–water partition coefficient (Wildman–Crippen LogP) is 2.93. The van der Waals surface area contributed by atoms with Gasteiger partial charge in [-0.2, -0.15) is 0 Å². The van der Waals surface area contributed by atoms with Gasteiger partial charge in [0.1, 0.15) is 0 Å². The van der Waals surface area contributed by atoms with Crippen LogP contribution < -0.4 is 10.1 Å². The molecule has 0 bridgehead atoms. The van der Waals surface area contributed by atoms with Crippen molar-refractivity contribution >= 4 is 11.6 Å². The zero-order valence-electron chi connectivity index (χ0n) is 15.0. The summed E-state index contributed by atoms with van der Waals surface area (Å²) < 4.78 is 5.36. The highest BCUT2D eigenvalue weighted by atomic mass is 16.6. The lowest BCUT2D eigenvalue weighted by Gasteiger charge is -2.28. The lowest BCUT2D eigenvalue weighted by Crippen LogP contribution is -2.38. The van der Waals surface area contributed by atoms with Crippen LogP contribution in [0.15, 0.2) is 54.6 Å². The zero-order chi connectivity index (χ0) is 19.1. The first-order chi connectivity index (χ1) is 13.1. The van der Waals surface area contributed by atoms with Gasteiger partial charge in [0, 0.05) is 12.6 Å². The van der Waals surface area contributed by atoms with Crippen molar-refractivity contribution in [3.63, 3.8) is 0 Å². The quantitative estimate of drug-likeness (QED) is 0.571. The summed E-state index contributed by atoms with van der Waals surface area (Å²) in [5, 5.41) is 13.9. The first kappa shape index (κ1) is 18.8. The second-order valence-corrected chi connectivity index (χ2v) is 6.49. The second-order valence-electron chi connectivity index (χ2n) is 6.49. The zero-order valence-corrected chi connectivity index (χ0v) is 15.0.